The number of aromatic amines is 1. The fourth-order valence-electron chi connectivity index (χ4n) is 1.54. The van der Waals surface area contributed by atoms with Crippen LogP contribution in [0.5, 0.6) is 0 Å². The van der Waals surface area contributed by atoms with E-state index in [0.717, 1.165) is 22.9 Å². The second-order valence-electron chi connectivity index (χ2n) is 3.09. The number of aromatic nitrogens is 1. The van der Waals surface area contributed by atoms with Gasteiger partial charge in [-0.05, 0) is 24.1 Å². The molecular weight excluding hydrogens is 217 g/mol. The van der Waals surface area contributed by atoms with Crippen molar-refractivity contribution in [2.24, 2.45) is 0 Å². The van der Waals surface area contributed by atoms with Crippen molar-refractivity contribution < 1.29 is 0 Å². The predicted octanol–water partition coefficient (Wildman–Crippen LogP) is 4.20. The summed E-state index contributed by atoms with van der Waals surface area (Å²) in [6.07, 6.45) is 4.58. The van der Waals surface area contributed by atoms with Crippen LogP contribution in [-0.2, 0) is 6.42 Å². The first-order valence-electron chi connectivity index (χ1n) is 4.29. The second-order valence-corrected chi connectivity index (χ2v) is 3.88. The van der Waals surface area contributed by atoms with Gasteiger partial charge >= 0.3 is 0 Å². The van der Waals surface area contributed by atoms with Crippen molar-refractivity contribution in [3.8, 4) is 0 Å². The van der Waals surface area contributed by atoms with Gasteiger partial charge in [0.15, 0.2) is 0 Å². The first-order valence-corrected chi connectivity index (χ1v) is 5.04. The van der Waals surface area contributed by atoms with Gasteiger partial charge < -0.3 is 4.98 Å². The summed E-state index contributed by atoms with van der Waals surface area (Å²) in [6.45, 7) is 3.70. The van der Waals surface area contributed by atoms with Crippen LogP contribution in [0.25, 0.3) is 10.9 Å². The van der Waals surface area contributed by atoms with Crippen LogP contribution in [0.2, 0.25) is 10.0 Å². The molecular formula is C11H9Cl2N. The minimum absolute atomic E-state index is 0.587. The number of halogens is 2. The van der Waals surface area contributed by atoms with Gasteiger partial charge in [0.2, 0.25) is 0 Å². The van der Waals surface area contributed by atoms with E-state index < -0.39 is 0 Å². The van der Waals surface area contributed by atoms with E-state index in [1.807, 2.05) is 18.3 Å². The van der Waals surface area contributed by atoms with Crippen molar-refractivity contribution in [2.75, 3.05) is 0 Å². The molecule has 14 heavy (non-hydrogen) atoms. The summed E-state index contributed by atoms with van der Waals surface area (Å²) in [6, 6.07) is 3.72. The van der Waals surface area contributed by atoms with Crippen LogP contribution in [-0.4, -0.2) is 4.98 Å². The molecule has 72 valence electrons. The van der Waals surface area contributed by atoms with E-state index in [1.54, 1.807) is 6.07 Å². The molecule has 0 aliphatic carbocycles. The average Bonchev–Trinajstić information content (AvgIpc) is 2.57. The number of hydrogen-bond acceptors (Lipinski definition) is 0. The van der Waals surface area contributed by atoms with Crippen LogP contribution < -0.4 is 0 Å². The van der Waals surface area contributed by atoms with E-state index in [0.29, 0.717) is 10.0 Å². The highest BCUT2D eigenvalue weighted by molar-refractivity contribution is 6.45. The van der Waals surface area contributed by atoms with Gasteiger partial charge in [-0.2, -0.15) is 0 Å². The second kappa shape index (κ2) is 3.68. The highest BCUT2D eigenvalue weighted by Crippen LogP contribution is 2.33. The summed E-state index contributed by atoms with van der Waals surface area (Å²) < 4.78 is 0. The molecule has 1 nitrogen and oxygen atoms in total. The lowest BCUT2D eigenvalue weighted by Gasteiger charge is -1.99. The maximum Gasteiger partial charge on any atom is 0.0688 e. The van der Waals surface area contributed by atoms with Gasteiger partial charge in [-0.15, -0.1) is 6.58 Å². The standard InChI is InChI=1S/C11H9Cl2N/c1-2-3-7-6-14-9-5-4-8(12)11(13)10(7)9/h2,4-6,14H,1,3H2. The first-order chi connectivity index (χ1) is 6.74. The molecule has 0 aliphatic heterocycles. The van der Waals surface area contributed by atoms with Crippen molar-refractivity contribution >= 4 is 34.1 Å². The molecule has 0 spiro atoms. The van der Waals surface area contributed by atoms with Gasteiger partial charge in [-0.3, -0.25) is 0 Å². The zero-order chi connectivity index (χ0) is 10.1. The van der Waals surface area contributed by atoms with Crippen molar-refractivity contribution in [2.45, 2.75) is 6.42 Å². The van der Waals surface area contributed by atoms with Gasteiger partial charge in [0.25, 0.3) is 0 Å². The van der Waals surface area contributed by atoms with Crippen molar-refractivity contribution in [1.82, 2.24) is 4.98 Å². The Hall–Kier alpha value is -0.920. The minimum atomic E-state index is 0.587. The van der Waals surface area contributed by atoms with Crippen molar-refractivity contribution in [3.63, 3.8) is 0 Å². The molecule has 0 amide bonds. The molecule has 0 saturated heterocycles. The Labute approximate surface area is 92.3 Å². The van der Waals surface area contributed by atoms with Crippen molar-refractivity contribution in [1.29, 1.82) is 0 Å². The van der Waals surface area contributed by atoms with Gasteiger partial charge in [-0.25, -0.2) is 0 Å². The first kappa shape index (κ1) is 9.63. The Balaban J connectivity index is 2.75. The monoisotopic (exact) mass is 225 g/mol. The normalized spacial score (nSPS) is 10.7. The zero-order valence-electron chi connectivity index (χ0n) is 7.48. The quantitative estimate of drug-likeness (QED) is 0.738. The average molecular weight is 226 g/mol. The number of benzene rings is 1. The summed E-state index contributed by atoms with van der Waals surface area (Å²) in [5.74, 6) is 0. The lowest BCUT2D eigenvalue weighted by molar-refractivity contribution is 1.29. The van der Waals surface area contributed by atoms with Crippen LogP contribution >= 0.6 is 23.2 Å². The lowest BCUT2D eigenvalue weighted by atomic mass is 10.1. The van der Waals surface area contributed by atoms with Crippen LogP contribution in [0.15, 0.2) is 31.0 Å². The molecule has 2 aromatic rings. The highest BCUT2D eigenvalue weighted by Gasteiger charge is 2.08. The highest BCUT2D eigenvalue weighted by atomic mass is 35.5. The van der Waals surface area contributed by atoms with E-state index in [1.165, 1.54) is 0 Å². The summed E-state index contributed by atoms with van der Waals surface area (Å²) in [5, 5.41) is 2.20. The third-order valence-corrected chi connectivity index (χ3v) is 2.99. The molecule has 1 N–H and O–H groups in total. The smallest absolute Gasteiger partial charge is 0.0688 e. The van der Waals surface area contributed by atoms with E-state index in [9.17, 15) is 0 Å². The number of allylic oxidation sites excluding steroid dienone is 1. The van der Waals surface area contributed by atoms with E-state index >= 15 is 0 Å². The van der Waals surface area contributed by atoms with E-state index in [-0.39, 0.29) is 0 Å². The SMILES string of the molecule is C=CCc1c[nH]c2ccc(Cl)c(Cl)c12. The Bertz CT molecular complexity index is 485. The molecule has 0 radical (unpaired) electrons. The predicted molar refractivity (Wildman–Crippen MR) is 62.2 cm³/mol. The van der Waals surface area contributed by atoms with E-state index in [4.69, 9.17) is 23.2 Å². The summed E-state index contributed by atoms with van der Waals surface area (Å²) >= 11 is 12.1. The topological polar surface area (TPSA) is 15.8 Å². The number of H-pyrrole nitrogens is 1. The molecule has 0 fully saturated rings. The maximum atomic E-state index is 6.12. The third kappa shape index (κ3) is 1.43. The molecule has 3 heteroatoms. The number of nitrogens with one attached hydrogen (secondary N) is 1. The summed E-state index contributed by atoms with van der Waals surface area (Å²) in [4.78, 5) is 3.15. The largest absolute Gasteiger partial charge is 0.361 e. The zero-order valence-corrected chi connectivity index (χ0v) is 8.99. The van der Waals surface area contributed by atoms with Crippen LogP contribution in [0.3, 0.4) is 0 Å². The number of rotatable bonds is 2. The fraction of sp³-hybridized carbons (Fsp3) is 0.0909. The van der Waals surface area contributed by atoms with E-state index in [2.05, 4.69) is 11.6 Å². The molecule has 0 saturated carbocycles. The lowest BCUT2D eigenvalue weighted by Crippen LogP contribution is -1.78. The third-order valence-electron chi connectivity index (χ3n) is 2.18. The number of fused-ring (bicyclic) bond motifs is 1. The Morgan fingerprint density at radius 2 is 2.14 bits per heavy atom. The Morgan fingerprint density at radius 1 is 1.36 bits per heavy atom. The molecule has 2 rings (SSSR count). The van der Waals surface area contributed by atoms with Crippen LogP contribution in [0.4, 0.5) is 0 Å². The number of hydrogen-bond donors (Lipinski definition) is 1. The van der Waals surface area contributed by atoms with Gasteiger partial charge in [-0.1, -0.05) is 29.3 Å². The van der Waals surface area contributed by atoms with Crippen LogP contribution in [0, 0.1) is 0 Å². The molecule has 1 aromatic carbocycles. The minimum Gasteiger partial charge on any atom is -0.361 e. The molecule has 0 atom stereocenters. The van der Waals surface area contributed by atoms with Crippen molar-refractivity contribution in [3.05, 3.63) is 46.6 Å². The Kier molecular flexibility index (Phi) is 2.53. The van der Waals surface area contributed by atoms with Gasteiger partial charge in [0.05, 0.1) is 10.0 Å². The molecule has 0 bridgehead atoms. The molecule has 1 heterocycles. The molecule has 0 aliphatic rings. The van der Waals surface area contributed by atoms with Gasteiger partial charge in [0, 0.05) is 17.1 Å². The fourth-order valence-corrected chi connectivity index (χ4v) is 1.98. The van der Waals surface area contributed by atoms with Gasteiger partial charge in [0.1, 0.15) is 0 Å². The van der Waals surface area contributed by atoms with Crippen LogP contribution in [0.1, 0.15) is 5.56 Å². The summed E-state index contributed by atoms with van der Waals surface area (Å²) in [7, 11) is 0. The summed E-state index contributed by atoms with van der Waals surface area (Å²) in [5.41, 5.74) is 2.14. The Morgan fingerprint density at radius 3 is 2.86 bits per heavy atom. The molecule has 0 unspecified atom stereocenters. The maximum absolute atomic E-state index is 6.12. The molecule has 1 aromatic heterocycles.